The summed E-state index contributed by atoms with van der Waals surface area (Å²) < 4.78 is 13.6. The van der Waals surface area contributed by atoms with Gasteiger partial charge in [0.05, 0.1) is 0 Å². The van der Waals surface area contributed by atoms with E-state index in [2.05, 4.69) is 10.6 Å². The Hall–Kier alpha value is -1.72. The van der Waals surface area contributed by atoms with Crippen LogP contribution in [0.4, 0.5) is 14.9 Å². The lowest BCUT2D eigenvalue weighted by atomic mass is 10.2. The van der Waals surface area contributed by atoms with E-state index in [1.807, 2.05) is 30.5 Å². The lowest BCUT2D eigenvalue weighted by molar-refractivity contribution is 0.251. The van der Waals surface area contributed by atoms with Crippen molar-refractivity contribution in [3.63, 3.8) is 0 Å². The lowest BCUT2D eigenvalue weighted by Gasteiger charge is -2.09. The zero-order valence-electron chi connectivity index (χ0n) is 11.3. The van der Waals surface area contributed by atoms with E-state index in [1.165, 1.54) is 6.07 Å². The number of rotatable bonds is 4. The number of halogens is 2. The minimum atomic E-state index is -0.438. The summed E-state index contributed by atoms with van der Waals surface area (Å²) in [6.07, 6.45) is 1.98. The number of benzene rings is 2. The van der Waals surface area contributed by atoms with E-state index in [0.29, 0.717) is 16.3 Å². The second-order valence-electron chi connectivity index (χ2n) is 4.27. The normalized spacial score (nSPS) is 10.2. The molecule has 0 aromatic heterocycles. The molecule has 3 nitrogen and oxygen atoms in total. The highest BCUT2D eigenvalue weighted by Crippen LogP contribution is 2.17. The predicted molar refractivity (Wildman–Crippen MR) is 85.5 cm³/mol. The van der Waals surface area contributed by atoms with Crippen LogP contribution in [0.2, 0.25) is 5.02 Å². The number of hydrogen-bond acceptors (Lipinski definition) is 2. The quantitative estimate of drug-likeness (QED) is 0.812. The summed E-state index contributed by atoms with van der Waals surface area (Å²) in [6, 6.07) is 11.4. The van der Waals surface area contributed by atoms with Gasteiger partial charge in [-0.25, -0.2) is 9.18 Å². The van der Waals surface area contributed by atoms with Gasteiger partial charge >= 0.3 is 6.03 Å². The van der Waals surface area contributed by atoms with Crippen LogP contribution in [0.5, 0.6) is 0 Å². The zero-order valence-corrected chi connectivity index (χ0v) is 12.9. The SMILES string of the molecule is CSc1ccc(NC(=O)NCc2ccc(Cl)cc2F)cc1. The van der Waals surface area contributed by atoms with Crippen LogP contribution in [0.15, 0.2) is 47.4 Å². The molecule has 0 aliphatic carbocycles. The molecule has 0 fully saturated rings. The molecular formula is C15H14ClFN2OS. The molecule has 0 saturated carbocycles. The third-order valence-corrected chi connectivity index (χ3v) is 3.78. The molecule has 0 spiro atoms. The van der Waals surface area contributed by atoms with Crippen molar-refractivity contribution in [3.05, 3.63) is 58.9 Å². The molecule has 0 saturated heterocycles. The first-order valence-corrected chi connectivity index (χ1v) is 7.81. The summed E-state index contributed by atoms with van der Waals surface area (Å²) in [7, 11) is 0. The molecular weight excluding hydrogens is 311 g/mol. The first-order valence-electron chi connectivity index (χ1n) is 6.21. The molecule has 2 N–H and O–H groups in total. The van der Waals surface area contributed by atoms with Gasteiger partial charge in [0, 0.05) is 27.7 Å². The maximum absolute atomic E-state index is 13.6. The smallest absolute Gasteiger partial charge is 0.319 e. The highest BCUT2D eigenvalue weighted by atomic mass is 35.5. The van der Waals surface area contributed by atoms with E-state index in [4.69, 9.17) is 11.6 Å². The van der Waals surface area contributed by atoms with Crippen LogP contribution in [0.25, 0.3) is 0 Å². The number of anilines is 1. The summed E-state index contributed by atoms with van der Waals surface area (Å²) in [5.41, 5.74) is 1.06. The second kappa shape index (κ2) is 7.33. The monoisotopic (exact) mass is 324 g/mol. The number of carbonyl (C=O) groups is 1. The number of carbonyl (C=O) groups excluding carboxylic acids is 1. The fraction of sp³-hybridized carbons (Fsp3) is 0.133. The molecule has 0 bridgehead atoms. The first-order chi connectivity index (χ1) is 10.1. The molecule has 110 valence electrons. The Morgan fingerprint density at radius 1 is 1.24 bits per heavy atom. The molecule has 6 heteroatoms. The number of hydrogen-bond donors (Lipinski definition) is 2. The summed E-state index contributed by atoms with van der Waals surface area (Å²) in [6.45, 7) is 0.0950. The van der Waals surface area contributed by atoms with Crippen LogP contribution in [0, 0.1) is 5.82 Å². The zero-order chi connectivity index (χ0) is 15.2. The predicted octanol–water partition coefficient (Wildman–Crippen LogP) is 4.52. The van der Waals surface area contributed by atoms with Gasteiger partial charge < -0.3 is 10.6 Å². The fourth-order valence-electron chi connectivity index (χ4n) is 1.69. The van der Waals surface area contributed by atoms with Crippen molar-refractivity contribution >= 4 is 35.1 Å². The average molecular weight is 325 g/mol. The molecule has 2 aromatic rings. The summed E-state index contributed by atoms with van der Waals surface area (Å²) in [5.74, 6) is -0.438. The van der Waals surface area contributed by atoms with E-state index in [1.54, 1.807) is 23.9 Å². The molecule has 21 heavy (non-hydrogen) atoms. The second-order valence-corrected chi connectivity index (χ2v) is 5.59. The molecule has 2 rings (SSSR count). The Bertz CT molecular complexity index is 634. The standard InChI is InChI=1S/C15H14ClFN2OS/c1-21-13-6-4-12(5-7-13)19-15(20)18-9-10-2-3-11(16)8-14(10)17/h2-8H,9H2,1H3,(H2,18,19,20). The van der Waals surface area contributed by atoms with Gasteiger partial charge in [0.2, 0.25) is 0 Å². The Labute approximate surface area is 131 Å². The van der Waals surface area contributed by atoms with E-state index in [-0.39, 0.29) is 12.6 Å². The Balaban J connectivity index is 1.89. The Morgan fingerprint density at radius 2 is 1.95 bits per heavy atom. The minimum absolute atomic E-state index is 0.0950. The topological polar surface area (TPSA) is 41.1 Å². The van der Waals surface area contributed by atoms with Gasteiger partial charge in [0.15, 0.2) is 0 Å². The van der Waals surface area contributed by atoms with Crippen molar-refractivity contribution in [2.45, 2.75) is 11.4 Å². The minimum Gasteiger partial charge on any atom is -0.334 e. The van der Waals surface area contributed by atoms with E-state index >= 15 is 0 Å². The van der Waals surface area contributed by atoms with Crippen molar-refractivity contribution < 1.29 is 9.18 Å². The van der Waals surface area contributed by atoms with Gasteiger partial charge in [-0.15, -0.1) is 11.8 Å². The highest BCUT2D eigenvalue weighted by Gasteiger charge is 2.06. The lowest BCUT2D eigenvalue weighted by Crippen LogP contribution is -2.28. The number of urea groups is 1. The van der Waals surface area contributed by atoms with Gasteiger partial charge in [-0.2, -0.15) is 0 Å². The van der Waals surface area contributed by atoms with Crippen LogP contribution in [-0.2, 0) is 6.54 Å². The molecule has 0 unspecified atom stereocenters. The molecule has 0 radical (unpaired) electrons. The van der Waals surface area contributed by atoms with E-state index in [0.717, 1.165) is 4.90 Å². The summed E-state index contributed by atoms with van der Waals surface area (Å²) >= 11 is 7.30. The largest absolute Gasteiger partial charge is 0.334 e. The van der Waals surface area contributed by atoms with Gasteiger partial charge in [0.1, 0.15) is 5.82 Å². The fourth-order valence-corrected chi connectivity index (χ4v) is 2.26. The maximum Gasteiger partial charge on any atom is 0.319 e. The molecule has 0 aliphatic rings. The summed E-state index contributed by atoms with van der Waals surface area (Å²) in [4.78, 5) is 12.9. The third-order valence-electron chi connectivity index (χ3n) is 2.80. The molecule has 2 amide bonds. The van der Waals surface area contributed by atoms with Gasteiger partial charge in [0.25, 0.3) is 0 Å². The van der Waals surface area contributed by atoms with Crippen molar-refractivity contribution in [2.75, 3.05) is 11.6 Å². The molecule has 0 aliphatic heterocycles. The van der Waals surface area contributed by atoms with Crippen LogP contribution in [0.3, 0.4) is 0 Å². The van der Waals surface area contributed by atoms with Gasteiger partial charge in [-0.1, -0.05) is 17.7 Å². The van der Waals surface area contributed by atoms with Crippen LogP contribution in [-0.4, -0.2) is 12.3 Å². The van der Waals surface area contributed by atoms with Crippen molar-refractivity contribution in [1.29, 1.82) is 0 Å². The van der Waals surface area contributed by atoms with E-state index in [9.17, 15) is 9.18 Å². The Kier molecular flexibility index (Phi) is 5.47. The maximum atomic E-state index is 13.6. The van der Waals surface area contributed by atoms with Gasteiger partial charge in [-0.05, 0) is 42.7 Å². The van der Waals surface area contributed by atoms with Crippen molar-refractivity contribution in [2.24, 2.45) is 0 Å². The summed E-state index contributed by atoms with van der Waals surface area (Å²) in [5, 5.41) is 5.61. The first kappa shape index (κ1) is 15.7. The molecule has 0 heterocycles. The molecule has 2 aromatic carbocycles. The van der Waals surface area contributed by atoms with Crippen molar-refractivity contribution in [3.8, 4) is 0 Å². The highest BCUT2D eigenvalue weighted by molar-refractivity contribution is 7.98. The van der Waals surface area contributed by atoms with Crippen molar-refractivity contribution in [1.82, 2.24) is 5.32 Å². The van der Waals surface area contributed by atoms with Gasteiger partial charge in [-0.3, -0.25) is 0 Å². The number of amides is 2. The number of thioether (sulfide) groups is 1. The number of nitrogens with one attached hydrogen (secondary N) is 2. The Morgan fingerprint density at radius 3 is 2.57 bits per heavy atom. The average Bonchev–Trinajstić information content (AvgIpc) is 2.47. The van der Waals surface area contributed by atoms with Crippen LogP contribution >= 0.6 is 23.4 Å². The molecule has 0 atom stereocenters. The van der Waals surface area contributed by atoms with Crippen LogP contribution < -0.4 is 10.6 Å². The third kappa shape index (κ3) is 4.65. The van der Waals surface area contributed by atoms with E-state index < -0.39 is 5.82 Å². The van der Waals surface area contributed by atoms with Crippen LogP contribution in [0.1, 0.15) is 5.56 Å².